The number of piperazine rings is 1. The largest absolute Gasteiger partial charge is 0.380 e. The molecule has 3 heteroatoms. The maximum Gasteiger partial charge on any atom is 0.0593 e. The van der Waals surface area contributed by atoms with Crippen LogP contribution in [0.5, 0.6) is 0 Å². The third kappa shape index (κ3) is 5.22. The molecule has 0 aromatic carbocycles. The van der Waals surface area contributed by atoms with Crippen LogP contribution < -0.4 is 5.32 Å². The molecule has 2 aliphatic rings. The lowest BCUT2D eigenvalue weighted by Crippen LogP contribution is -2.65. The van der Waals surface area contributed by atoms with Crippen LogP contribution in [0.2, 0.25) is 0 Å². The second kappa shape index (κ2) is 8.50. The van der Waals surface area contributed by atoms with E-state index in [2.05, 4.69) is 31.0 Å². The minimum atomic E-state index is 0.413. The first-order valence-corrected chi connectivity index (χ1v) is 9.22. The lowest BCUT2D eigenvalue weighted by Gasteiger charge is -2.50. The molecule has 0 amide bonds. The zero-order chi connectivity index (χ0) is 15.1. The normalized spacial score (nSPS) is 26.6. The van der Waals surface area contributed by atoms with E-state index < -0.39 is 0 Å². The number of ether oxygens (including phenoxy) is 1. The molecule has 1 N–H and O–H groups in total. The summed E-state index contributed by atoms with van der Waals surface area (Å²) in [5, 5.41) is 3.94. The van der Waals surface area contributed by atoms with Gasteiger partial charge in [-0.2, -0.15) is 0 Å². The molecule has 1 spiro atoms. The Bertz CT molecular complexity index is 287. The van der Waals surface area contributed by atoms with Crippen LogP contribution in [0.4, 0.5) is 0 Å². The van der Waals surface area contributed by atoms with E-state index in [0.717, 1.165) is 32.1 Å². The Labute approximate surface area is 131 Å². The predicted octanol–water partition coefficient (Wildman–Crippen LogP) is 3.44. The van der Waals surface area contributed by atoms with E-state index in [1.807, 2.05) is 0 Å². The fraction of sp³-hybridized carbons (Fsp3) is 1.00. The second-order valence-electron chi connectivity index (χ2n) is 7.59. The molecule has 0 aromatic heterocycles. The summed E-state index contributed by atoms with van der Waals surface area (Å²) in [7, 11) is 0. The Morgan fingerprint density at radius 1 is 1.19 bits per heavy atom. The van der Waals surface area contributed by atoms with Crippen LogP contribution in [0.3, 0.4) is 0 Å². The fourth-order valence-electron chi connectivity index (χ4n) is 4.07. The zero-order valence-electron chi connectivity index (χ0n) is 14.5. The monoisotopic (exact) mass is 296 g/mol. The van der Waals surface area contributed by atoms with Crippen LogP contribution in [-0.4, -0.2) is 49.3 Å². The summed E-state index contributed by atoms with van der Waals surface area (Å²) in [6.45, 7) is 12.2. The van der Waals surface area contributed by atoms with Crippen molar-refractivity contribution in [3.63, 3.8) is 0 Å². The van der Waals surface area contributed by atoms with E-state index in [1.54, 1.807) is 0 Å². The summed E-state index contributed by atoms with van der Waals surface area (Å²) in [5.41, 5.74) is 0.413. The first-order chi connectivity index (χ1) is 10.2. The summed E-state index contributed by atoms with van der Waals surface area (Å²) >= 11 is 0. The highest BCUT2D eigenvalue weighted by Gasteiger charge is 2.39. The zero-order valence-corrected chi connectivity index (χ0v) is 14.5. The summed E-state index contributed by atoms with van der Waals surface area (Å²) in [5.74, 6) is 0.774. The van der Waals surface area contributed by atoms with Crippen molar-refractivity contribution in [2.75, 3.05) is 32.8 Å². The van der Waals surface area contributed by atoms with Crippen LogP contribution in [-0.2, 0) is 4.74 Å². The lowest BCUT2D eigenvalue weighted by molar-refractivity contribution is 0.0211. The number of hydrogen-bond acceptors (Lipinski definition) is 3. The molecule has 0 aromatic rings. The van der Waals surface area contributed by atoms with Crippen molar-refractivity contribution in [2.45, 2.75) is 77.3 Å². The maximum absolute atomic E-state index is 5.75. The van der Waals surface area contributed by atoms with Gasteiger partial charge >= 0.3 is 0 Å². The van der Waals surface area contributed by atoms with Gasteiger partial charge in [0.15, 0.2) is 0 Å². The van der Waals surface area contributed by atoms with Gasteiger partial charge in [-0.05, 0) is 31.6 Å². The fourth-order valence-corrected chi connectivity index (χ4v) is 4.07. The summed E-state index contributed by atoms with van der Waals surface area (Å²) < 4.78 is 5.75. The van der Waals surface area contributed by atoms with Crippen molar-refractivity contribution in [1.82, 2.24) is 10.2 Å². The van der Waals surface area contributed by atoms with Gasteiger partial charge in [0.1, 0.15) is 0 Å². The van der Waals surface area contributed by atoms with E-state index >= 15 is 0 Å². The predicted molar refractivity (Wildman–Crippen MR) is 89.7 cm³/mol. The Morgan fingerprint density at radius 3 is 2.62 bits per heavy atom. The second-order valence-corrected chi connectivity index (χ2v) is 7.59. The van der Waals surface area contributed by atoms with Gasteiger partial charge in [-0.1, -0.05) is 40.0 Å². The van der Waals surface area contributed by atoms with Gasteiger partial charge in [0.25, 0.3) is 0 Å². The van der Waals surface area contributed by atoms with E-state index in [-0.39, 0.29) is 0 Å². The number of rotatable bonds is 7. The minimum Gasteiger partial charge on any atom is -0.380 e. The van der Waals surface area contributed by atoms with Crippen LogP contribution in [0.15, 0.2) is 0 Å². The molecule has 1 unspecified atom stereocenters. The Morgan fingerprint density at radius 2 is 1.95 bits per heavy atom. The van der Waals surface area contributed by atoms with Gasteiger partial charge in [0.2, 0.25) is 0 Å². The van der Waals surface area contributed by atoms with Gasteiger partial charge in [0.05, 0.1) is 6.61 Å². The van der Waals surface area contributed by atoms with Crippen LogP contribution >= 0.6 is 0 Å². The van der Waals surface area contributed by atoms with E-state index in [4.69, 9.17) is 4.74 Å². The van der Waals surface area contributed by atoms with Crippen molar-refractivity contribution in [2.24, 2.45) is 5.92 Å². The van der Waals surface area contributed by atoms with Gasteiger partial charge in [0, 0.05) is 37.8 Å². The van der Waals surface area contributed by atoms with Crippen molar-refractivity contribution in [3.05, 3.63) is 0 Å². The Hall–Kier alpha value is -0.120. The van der Waals surface area contributed by atoms with E-state index in [1.165, 1.54) is 51.6 Å². The molecule has 1 saturated carbocycles. The van der Waals surface area contributed by atoms with Crippen molar-refractivity contribution in [3.8, 4) is 0 Å². The molecule has 1 aliphatic carbocycles. The summed E-state index contributed by atoms with van der Waals surface area (Å²) in [4.78, 5) is 2.73. The van der Waals surface area contributed by atoms with E-state index in [0.29, 0.717) is 11.6 Å². The van der Waals surface area contributed by atoms with Gasteiger partial charge in [-0.3, -0.25) is 4.90 Å². The molecular weight excluding hydrogens is 260 g/mol. The molecule has 2 fully saturated rings. The van der Waals surface area contributed by atoms with Gasteiger partial charge in [-0.15, -0.1) is 0 Å². The van der Waals surface area contributed by atoms with Crippen molar-refractivity contribution < 1.29 is 4.74 Å². The van der Waals surface area contributed by atoms with E-state index in [9.17, 15) is 0 Å². The molecule has 3 nitrogen and oxygen atoms in total. The molecule has 124 valence electrons. The lowest BCUT2D eigenvalue weighted by atomic mass is 9.79. The number of hydrogen-bond donors (Lipinski definition) is 1. The van der Waals surface area contributed by atoms with Crippen LogP contribution in [0.1, 0.15) is 65.7 Å². The summed E-state index contributed by atoms with van der Waals surface area (Å²) in [6.07, 6.45) is 9.40. The SMILES string of the molecule is CCCOCCN1CC2(CCCCC2)NCC1CC(C)C. The molecule has 1 aliphatic heterocycles. The molecule has 0 bridgehead atoms. The molecule has 1 atom stereocenters. The molecule has 2 rings (SSSR count). The smallest absolute Gasteiger partial charge is 0.0593 e. The standard InChI is InChI=1S/C18H36N2O/c1-4-11-21-12-10-20-15-18(8-6-5-7-9-18)19-14-17(20)13-16(2)3/h16-17,19H,4-15H2,1-3H3. The van der Waals surface area contributed by atoms with Gasteiger partial charge < -0.3 is 10.1 Å². The molecule has 21 heavy (non-hydrogen) atoms. The van der Waals surface area contributed by atoms with Crippen LogP contribution in [0, 0.1) is 5.92 Å². The molecule has 1 saturated heterocycles. The topological polar surface area (TPSA) is 24.5 Å². The highest BCUT2D eigenvalue weighted by molar-refractivity contribution is 4.99. The maximum atomic E-state index is 5.75. The highest BCUT2D eigenvalue weighted by atomic mass is 16.5. The van der Waals surface area contributed by atoms with Crippen LogP contribution in [0.25, 0.3) is 0 Å². The molecule has 0 radical (unpaired) electrons. The minimum absolute atomic E-state index is 0.413. The third-order valence-electron chi connectivity index (χ3n) is 5.16. The Kier molecular flexibility index (Phi) is 6.97. The number of nitrogens with one attached hydrogen (secondary N) is 1. The average molecular weight is 296 g/mol. The quantitative estimate of drug-likeness (QED) is 0.728. The number of nitrogens with zero attached hydrogens (tertiary/aromatic N) is 1. The molecule has 1 heterocycles. The first-order valence-electron chi connectivity index (χ1n) is 9.22. The highest BCUT2D eigenvalue weighted by Crippen LogP contribution is 2.32. The average Bonchev–Trinajstić information content (AvgIpc) is 2.47. The third-order valence-corrected chi connectivity index (χ3v) is 5.16. The van der Waals surface area contributed by atoms with Crippen molar-refractivity contribution in [1.29, 1.82) is 0 Å². The summed E-state index contributed by atoms with van der Waals surface area (Å²) in [6, 6.07) is 0.697. The van der Waals surface area contributed by atoms with Gasteiger partial charge in [-0.25, -0.2) is 0 Å². The first kappa shape index (κ1) is 17.2. The Balaban J connectivity index is 1.90. The molecular formula is C18H36N2O. The van der Waals surface area contributed by atoms with Crippen molar-refractivity contribution >= 4 is 0 Å².